The van der Waals surface area contributed by atoms with E-state index in [1.165, 1.54) is 0 Å². The largest absolute Gasteiger partial charge is 0.393 e. The Morgan fingerprint density at radius 1 is 1.36 bits per heavy atom. The minimum absolute atomic E-state index is 0.188. The molecule has 66 valence electrons. The van der Waals surface area contributed by atoms with Crippen LogP contribution in [0.2, 0.25) is 0 Å². The van der Waals surface area contributed by atoms with Gasteiger partial charge in [0.05, 0.1) is 6.10 Å². The maximum Gasteiger partial charge on any atom is 0.135 e. The zero-order valence-electron chi connectivity index (χ0n) is 7.47. The van der Waals surface area contributed by atoms with Gasteiger partial charge < -0.3 is 5.11 Å². The van der Waals surface area contributed by atoms with Gasteiger partial charge in [0.15, 0.2) is 0 Å². The van der Waals surface area contributed by atoms with Crippen LogP contribution < -0.4 is 0 Å². The molecule has 1 unspecified atom stereocenters. The number of carbonyl (C=O) groups is 1. The van der Waals surface area contributed by atoms with Crippen molar-refractivity contribution in [3.8, 4) is 0 Å². The van der Waals surface area contributed by atoms with Gasteiger partial charge in [-0.15, -0.1) is 0 Å². The molecule has 0 aliphatic heterocycles. The van der Waals surface area contributed by atoms with Crippen LogP contribution in [-0.4, -0.2) is 17.0 Å². The second-order valence-corrected chi connectivity index (χ2v) is 2.94. The van der Waals surface area contributed by atoms with Crippen molar-refractivity contribution in [3.05, 3.63) is 0 Å². The molecule has 0 fully saturated rings. The van der Waals surface area contributed by atoms with Gasteiger partial charge in [0.1, 0.15) is 5.78 Å². The Labute approximate surface area is 68.6 Å². The molecule has 0 heterocycles. The van der Waals surface area contributed by atoms with Gasteiger partial charge in [-0.3, -0.25) is 4.79 Å². The molecule has 0 spiro atoms. The third kappa shape index (κ3) is 6.05. The van der Waals surface area contributed by atoms with Crippen LogP contribution in [0.15, 0.2) is 0 Å². The highest BCUT2D eigenvalue weighted by Crippen LogP contribution is 2.04. The fourth-order valence-electron chi connectivity index (χ4n) is 1.08. The fraction of sp³-hybridized carbons (Fsp3) is 0.889. The van der Waals surface area contributed by atoms with E-state index in [0.717, 1.165) is 19.3 Å². The van der Waals surface area contributed by atoms with E-state index in [4.69, 9.17) is 0 Å². The van der Waals surface area contributed by atoms with Crippen LogP contribution in [-0.2, 0) is 4.79 Å². The van der Waals surface area contributed by atoms with Crippen LogP contribution in [0, 0.1) is 0 Å². The summed E-state index contributed by atoms with van der Waals surface area (Å²) in [5, 5.41) is 9.23. The Kier molecular flexibility index (Phi) is 6.13. The zero-order chi connectivity index (χ0) is 8.69. The Morgan fingerprint density at radius 3 is 2.45 bits per heavy atom. The van der Waals surface area contributed by atoms with Crippen molar-refractivity contribution in [2.75, 3.05) is 0 Å². The standard InChI is InChI=1S/C9H18O2/c1-3-5-8(10)7-9(11)6-4-2/h8,10H,3-7H2,1-2H3. The molecule has 0 rings (SSSR count). The van der Waals surface area contributed by atoms with E-state index < -0.39 is 6.10 Å². The van der Waals surface area contributed by atoms with Gasteiger partial charge in [-0.25, -0.2) is 0 Å². The lowest BCUT2D eigenvalue weighted by atomic mass is 10.1. The number of hydrogen-bond donors (Lipinski definition) is 1. The molecule has 0 saturated carbocycles. The number of ketones is 1. The smallest absolute Gasteiger partial charge is 0.135 e. The van der Waals surface area contributed by atoms with Crippen molar-refractivity contribution in [1.82, 2.24) is 0 Å². The van der Waals surface area contributed by atoms with Crippen LogP contribution in [0.4, 0.5) is 0 Å². The molecule has 0 aromatic heterocycles. The number of Topliss-reactive ketones (excluding diaryl/α,β-unsaturated/α-hetero) is 1. The first-order chi connectivity index (χ1) is 5.20. The highest BCUT2D eigenvalue weighted by atomic mass is 16.3. The molecule has 0 saturated heterocycles. The molecule has 1 atom stereocenters. The summed E-state index contributed by atoms with van der Waals surface area (Å²) in [6, 6.07) is 0. The molecule has 2 heteroatoms. The lowest BCUT2D eigenvalue weighted by Crippen LogP contribution is -2.12. The third-order valence-electron chi connectivity index (χ3n) is 1.61. The summed E-state index contributed by atoms with van der Waals surface area (Å²) in [5.41, 5.74) is 0. The average Bonchev–Trinajstić information content (AvgIpc) is 1.87. The molecular weight excluding hydrogens is 140 g/mol. The fourth-order valence-corrected chi connectivity index (χ4v) is 1.08. The first kappa shape index (κ1) is 10.6. The normalized spacial score (nSPS) is 13.0. The lowest BCUT2D eigenvalue weighted by molar-refractivity contribution is -0.121. The Balaban J connectivity index is 3.40. The molecule has 0 aromatic rings. The van der Waals surface area contributed by atoms with Crippen molar-refractivity contribution in [2.45, 2.75) is 52.1 Å². The van der Waals surface area contributed by atoms with E-state index in [2.05, 4.69) is 0 Å². The molecule has 0 aromatic carbocycles. The van der Waals surface area contributed by atoms with Gasteiger partial charge in [0.25, 0.3) is 0 Å². The summed E-state index contributed by atoms with van der Waals surface area (Å²) in [4.78, 5) is 11.0. The van der Waals surface area contributed by atoms with Crippen LogP contribution in [0.5, 0.6) is 0 Å². The predicted octanol–water partition coefficient (Wildman–Crippen LogP) is 1.91. The first-order valence-corrected chi connectivity index (χ1v) is 4.40. The predicted molar refractivity (Wildman–Crippen MR) is 45.4 cm³/mol. The van der Waals surface area contributed by atoms with Crippen molar-refractivity contribution in [1.29, 1.82) is 0 Å². The maximum atomic E-state index is 11.0. The summed E-state index contributed by atoms with van der Waals surface area (Å²) in [6.07, 6.45) is 3.13. The molecule has 11 heavy (non-hydrogen) atoms. The molecule has 0 bridgehead atoms. The van der Waals surface area contributed by atoms with Crippen molar-refractivity contribution in [2.24, 2.45) is 0 Å². The van der Waals surface area contributed by atoms with E-state index >= 15 is 0 Å². The summed E-state index contributed by atoms with van der Waals surface area (Å²) in [6.45, 7) is 3.98. The van der Waals surface area contributed by atoms with Gasteiger partial charge >= 0.3 is 0 Å². The van der Waals surface area contributed by atoms with Gasteiger partial charge in [-0.05, 0) is 12.8 Å². The van der Waals surface area contributed by atoms with E-state index in [1.807, 2.05) is 13.8 Å². The van der Waals surface area contributed by atoms with Gasteiger partial charge in [-0.1, -0.05) is 20.3 Å². The van der Waals surface area contributed by atoms with E-state index in [9.17, 15) is 9.90 Å². The quantitative estimate of drug-likeness (QED) is 0.641. The molecule has 1 N–H and O–H groups in total. The summed E-state index contributed by atoms with van der Waals surface area (Å²) in [5.74, 6) is 0.188. The second kappa shape index (κ2) is 6.35. The van der Waals surface area contributed by atoms with Gasteiger partial charge in [-0.2, -0.15) is 0 Å². The molecule has 0 aliphatic carbocycles. The highest BCUT2D eigenvalue weighted by Gasteiger charge is 2.07. The van der Waals surface area contributed by atoms with E-state index in [1.54, 1.807) is 0 Å². The van der Waals surface area contributed by atoms with Gasteiger partial charge in [0.2, 0.25) is 0 Å². The first-order valence-electron chi connectivity index (χ1n) is 4.40. The second-order valence-electron chi connectivity index (χ2n) is 2.94. The Hall–Kier alpha value is -0.370. The topological polar surface area (TPSA) is 37.3 Å². The maximum absolute atomic E-state index is 11.0. The molecular formula is C9H18O2. The van der Waals surface area contributed by atoms with Crippen LogP contribution >= 0.6 is 0 Å². The van der Waals surface area contributed by atoms with Gasteiger partial charge in [0, 0.05) is 12.8 Å². The highest BCUT2D eigenvalue weighted by molar-refractivity contribution is 5.78. The minimum Gasteiger partial charge on any atom is -0.393 e. The minimum atomic E-state index is -0.404. The van der Waals surface area contributed by atoms with Crippen molar-refractivity contribution < 1.29 is 9.90 Å². The van der Waals surface area contributed by atoms with Crippen LogP contribution in [0.1, 0.15) is 46.0 Å². The third-order valence-corrected chi connectivity index (χ3v) is 1.61. The monoisotopic (exact) mass is 158 g/mol. The van der Waals surface area contributed by atoms with Crippen molar-refractivity contribution >= 4 is 5.78 Å². The Morgan fingerprint density at radius 2 is 2.00 bits per heavy atom. The van der Waals surface area contributed by atoms with Crippen molar-refractivity contribution in [3.63, 3.8) is 0 Å². The number of rotatable bonds is 6. The SMILES string of the molecule is CCCC(=O)CC(O)CCC. The lowest BCUT2D eigenvalue weighted by Gasteiger charge is -2.06. The summed E-state index contributed by atoms with van der Waals surface area (Å²) >= 11 is 0. The molecule has 0 radical (unpaired) electrons. The molecule has 2 nitrogen and oxygen atoms in total. The van der Waals surface area contributed by atoms with Crippen LogP contribution in [0.25, 0.3) is 0 Å². The van der Waals surface area contributed by atoms with Crippen LogP contribution in [0.3, 0.4) is 0 Å². The molecule has 0 aliphatic rings. The number of carbonyl (C=O) groups excluding carboxylic acids is 1. The van der Waals surface area contributed by atoms with E-state index in [0.29, 0.717) is 12.8 Å². The number of aliphatic hydroxyl groups is 1. The average molecular weight is 158 g/mol. The molecule has 0 amide bonds. The number of hydrogen-bond acceptors (Lipinski definition) is 2. The summed E-state index contributed by atoms with van der Waals surface area (Å²) in [7, 11) is 0. The van der Waals surface area contributed by atoms with E-state index in [-0.39, 0.29) is 5.78 Å². The number of aliphatic hydroxyl groups excluding tert-OH is 1. The summed E-state index contributed by atoms with van der Waals surface area (Å²) < 4.78 is 0. The zero-order valence-corrected chi connectivity index (χ0v) is 7.47. The Bertz CT molecular complexity index is 110.